The molecule has 5 rings (SSSR count). The first-order chi connectivity index (χ1) is 20.5. The monoisotopic (exact) mass is 580 g/mol. The van der Waals surface area contributed by atoms with Crippen molar-refractivity contribution in [1.29, 1.82) is 0 Å². The van der Waals surface area contributed by atoms with Crippen LogP contribution in [0.4, 0.5) is 0 Å². The lowest BCUT2D eigenvalue weighted by Gasteiger charge is -2.11. The van der Waals surface area contributed by atoms with Crippen LogP contribution in [0.3, 0.4) is 0 Å². The highest BCUT2D eigenvalue weighted by molar-refractivity contribution is 5.93. The van der Waals surface area contributed by atoms with Crippen molar-refractivity contribution in [3.63, 3.8) is 0 Å². The van der Waals surface area contributed by atoms with Gasteiger partial charge in [0.1, 0.15) is 11.4 Å². The lowest BCUT2D eigenvalue weighted by molar-refractivity contribution is 0.0510. The number of nitrogens with one attached hydrogen (secondary N) is 2. The van der Waals surface area contributed by atoms with Gasteiger partial charge >= 0.3 is 11.9 Å². The lowest BCUT2D eigenvalue weighted by atomic mass is 9.94. The first-order valence-corrected chi connectivity index (χ1v) is 15.6. The molecule has 2 aromatic carbocycles. The van der Waals surface area contributed by atoms with Crippen LogP contribution in [0.2, 0.25) is 0 Å². The third kappa shape index (κ3) is 5.80. The number of ether oxygens (including phenoxy) is 2. The summed E-state index contributed by atoms with van der Waals surface area (Å²) >= 11 is 0. The molecule has 6 nitrogen and oxygen atoms in total. The van der Waals surface area contributed by atoms with Crippen molar-refractivity contribution >= 4 is 11.9 Å². The van der Waals surface area contributed by atoms with Gasteiger partial charge in [0.05, 0.1) is 13.2 Å². The summed E-state index contributed by atoms with van der Waals surface area (Å²) in [6, 6.07) is 13.3. The number of H-pyrrole nitrogens is 2. The highest BCUT2D eigenvalue weighted by Gasteiger charge is 2.26. The molecule has 1 aliphatic carbocycles. The van der Waals surface area contributed by atoms with Gasteiger partial charge in [-0.3, -0.25) is 0 Å². The molecule has 43 heavy (non-hydrogen) atoms. The van der Waals surface area contributed by atoms with Crippen LogP contribution < -0.4 is 0 Å². The van der Waals surface area contributed by atoms with E-state index in [9.17, 15) is 9.59 Å². The van der Waals surface area contributed by atoms with Crippen LogP contribution in [0.5, 0.6) is 0 Å². The highest BCUT2D eigenvalue weighted by Crippen LogP contribution is 2.42. The van der Waals surface area contributed by atoms with Crippen LogP contribution in [-0.4, -0.2) is 35.1 Å². The van der Waals surface area contributed by atoms with E-state index < -0.39 is 0 Å². The Labute approximate surface area is 255 Å². The Morgan fingerprint density at radius 2 is 1.09 bits per heavy atom. The smallest absolute Gasteiger partial charge is 0.355 e. The second-order valence-corrected chi connectivity index (χ2v) is 12.5. The van der Waals surface area contributed by atoms with E-state index in [1.165, 1.54) is 33.4 Å². The van der Waals surface area contributed by atoms with Gasteiger partial charge in [-0.2, -0.15) is 0 Å². The fourth-order valence-corrected chi connectivity index (χ4v) is 6.42. The van der Waals surface area contributed by atoms with Crippen LogP contribution in [0.15, 0.2) is 36.4 Å². The minimum absolute atomic E-state index is 0.306. The van der Waals surface area contributed by atoms with Crippen LogP contribution in [-0.2, 0) is 28.7 Å². The normalized spacial score (nSPS) is 12.1. The zero-order valence-corrected chi connectivity index (χ0v) is 26.8. The van der Waals surface area contributed by atoms with E-state index in [-0.39, 0.29) is 11.9 Å². The molecule has 2 N–H and O–H groups in total. The molecule has 6 heteroatoms. The van der Waals surface area contributed by atoms with Crippen molar-refractivity contribution in [2.75, 3.05) is 13.2 Å². The summed E-state index contributed by atoms with van der Waals surface area (Å²) in [5.74, 6) is 0.281. The Balaban J connectivity index is 1.52. The summed E-state index contributed by atoms with van der Waals surface area (Å²) in [4.78, 5) is 32.3. The molecule has 0 spiro atoms. The number of aromatic nitrogens is 2. The van der Waals surface area contributed by atoms with E-state index in [1.807, 2.05) is 27.7 Å². The molecule has 0 amide bonds. The molecule has 1 aliphatic rings. The van der Waals surface area contributed by atoms with Crippen molar-refractivity contribution in [3.05, 3.63) is 81.2 Å². The van der Waals surface area contributed by atoms with Crippen molar-refractivity contribution in [2.24, 2.45) is 11.8 Å². The van der Waals surface area contributed by atoms with Gasteiger partial charge in [0.2, 0.25) is 0 Å². The van der Waals surface area contributed by atoms with Gasteiger partial charge in [0.25, 0.3) is 0 Å². The van der Waals surface area contributed by atoms with Crippen molar-refractivity contribution in [3.8, 4) is 33.6 Å². The average Bonchev–Trinajstić information content (AvgIpc) is 3.59. The minimum atomic E-state index is -0.306. The van der Waals surface area contributed by atoms with Crippen molar-refractivity contribution < 1.29 is 19.1 Å². The number of fused-ring (bicyclic) bond motifs is 3. The van der Waals surface area contributed by atoms with Crippen molar-refractivity contribution in [2.45, 2.75) is 74.7 Å². The number of rotatable bonds is 10. The molecule has 0 aliphatic heterocycles. The largest absolute Gasteiger partial charge is 0.461 e. The van der Waals surface area contributed by atoms with Gasteiger partial charge in [0.15, 0.2) is 0 Å². The molecule has 0 radical (unpaired) electrons. The molecule has 0 saturated carbocycles. The predicted octanol–water partition coefficient (Wildman–Crippen LogP) is 8.62. The quantitative estimate of drug-likeness (QED) is 0.162. The summed E-state index contributed by atoms with van der Waals surface area (Å²) in [7, 11) is 0. The van der Waals surface area contributed by atoms with E-state index in [1.54, 1.807) is 0 Å². The molecule has 0 atom stereocenters. The zero-order valence-electron chi connectivity index (χ0n) is 26.8. The molecular formula is C37H44N2O4. The van der Waals surface area contributed by atoms with Gasteiger partial charge in [-0.15, -0.1) is 0 Å². The molecule has 2 heterocycles. The number of aromatic amines is 2. The number of hydrogen-bond donors (Lipinski definition) is 2. The fraction of sp³-hybridized carbons (Fsp3) is 0.405. The summed E-state index contributed by atoms with van der Waals surface area (Å²) in [5.41, 5.74) is 14.5. The van der Waals surface area contributed by atoms with Gasteiger partial charge in [-0.1, -0.05) is 52.0 Å². The summed E-state index contributed by atoms with van der Waals surface area (Å²) in [6.07, 6.45) is 2.57. The Kier molecular flexibility index (Phi) is 8.68. The summed E-state index contributed by atoms with van der Waals surface area (Å²) in [5, 5.41) is 0. The zero-order chi connectivity index (χ0) is 31.0. The molecule has 4 aromatic rings. The predicted molar refractivity (Wildman–Crippen MR) is 173 cm³/mol. The van der Waals surface area contributed by atoms with Crippen LogP contribution in [0.25, 0.3) is 33.6 Å². The van der Waals surface area contributed by atoms with Gasteiger partial charge < -0.3 is 19.4 Å². The first kappa shape index (κ1) is 30.4. The average molecular weight is 581 g/mol. The first-order valence-electron chi connectivity index (χ1n) is 15.6. The third-order valence-corrected chi connectivity index (χ3v) is 8.40. The topological polar surface area (TPSA) is 84.2 Å². The second kappa shape index (κ2) is 12.3. The maximum absolute atomic E-state index is 12.7. The lowest BCUT2D eigenvalue weighted by Crippen LogP contribution is -2.07. The Hall–Kier alpha value is -4.06. The summed E-state index contributed by atoms with van der Waals surface area (Å²) in [6.45, 7) is 17.2. The van der Waals surface area contributed by atoms with Crippen molar-refractivity contribution in [1.82, 2.24) is 9.97 Å². The summed E-state index contributed by atoms with van der Waals surface area (Å²) < 4.78 is 10.7. The van der Waals surface area contributed by atoms with Crippen LogP contribution >= 0.6 is 0 Å². The number of benzene rings is 2. The molecule has 0 saturated heterocycles. The number of hydrogen-bond acceptors (Lipinski definition) is 4. The number of carbonyl (C=O) groups excluding carboxylic acids is 2. The van der Waals surface area contributed by atoms with E-state index >= 15 is 0 Å². The maximum atomic E-state index is 12.7. The SMILES string of the molecule is CCOC(=O)c1[nH]c(-c2ccc3c(c2)Cc2cc(-c4[nH]c(C(=O)OCC)c(C)c4CC(C)C)ccc2-3)c(CC(C)C)c1C. The standard InChI is InChI=1S/C37H44N2O4/c1-9-42-36(40)32-22(7)30(15-20(3)4)34(38-32)24-11-13-28-26(17-24)19-27-18-25(12-14-29(27)28)35-31(16-21(5)6)23(8)33(39-35)37(41)43-10-2/h11-14,17-18,20-21,38-39H,9-10,15-16,19H2,1-8H3. The van der Waals surface area contributed by atoms with E-state index in [0.717, 1.165) is 52.9 Å². The van der Waals surface area contributed by atoms with Gasteiger partial charge in [-0.25, -0.2) is 9.59 Å². The molecule has 0 fully saturated rings. The van der Waals surface area contributed by atoms with E-state index in [4.69, 9.17) is 9.47 Å². The van der Waals surface area contributed by atoms with Crippen LogP contribution in [0, 0.1) is 25.7 Å². The van der Waals surface area contributed by atoms with Crippen LogP contribution in [0.1, 0.15) is 95.9 Å². The number of carbonyl (C=O) groups is 2. The molecule has 2 aromatic heterocycles. The highest BCUT2D eigenvalue weighted by atomic mass is 16.5. The Bertz CT molecular complexity index is 1560. The maximum Gasteiger partial charge on any atom is 0.355 e. The molecule has 226 valence electrons. The molecule has 0 bridgehead atoms. The fourth-order valence-electron chi connectivity index (χ4n) is 6.42. The molecule has 0 unspecified atom stereocenters. The molecular weight excluding hydrogens is 536 g/mol. The second-order valence-electron chi connectivity index (χ2n) is 12.5. The Morgan fingerprint density at radius 1 is 0.698 bits per heavy atom. The minimum Gasteiger partial charge on any atom is -0.461 e. The van der Waals surface area contributed by atoms with E-state index in [0.29, 0.717) is 36.4 Å². The third-order valence-electron chi connectivity index (χ3n) is 8.40. The number of esters is 2. The Morgan fingerprint density at radius 3 is 1.44 bits per heavy atom. The van der Waals surface area contributed by atoms with Gasteiger partial charge in [0, 0.05) is 11.4 Å². The van der Waals surface area contributed by atoms with E-state index in [2.05, 4.69) is 74.1 Å². The van der Waals surface area contributed by atoms with Gasteiger partial charge in [-0.05, 0) is 127 Å².